The van der Waals surface area contributed by atoms with Gasteiger partial charge in [-0.2, -0.15) is 0 Å². The van der Waals surface area contributed by atoms with Gasteiger partial charge in [0.15, 0.2) is 0 Å². The lowest BCUT2D eigenvalue weighted by molar-refractivity contribution is -0.132. The number of amides is 1. The Bertz CT molecular complexity index is 192. The maximum absolute atomic E-state index is 11.7. The van der Waals surface area contributed by atoms with Gasteiger partial charge in [0.25, 0.3) is 0 Å². The van der Waals surface area contributed by atoms with Crippen LogP contribution in [0.15, 0.2) is 0 Å². The summed E-state index contributed by atoms with van der Waals surface area (Å²) < 4.78 is 0. The van der Waals surface area contributed by atoms with Crippen LogP contribution in [0.25, 0.3) is 0 Å². The molecular weight excluding hydrogens is 242 g/mol. The average Bonchev–Trinajstić information content (AvgIpc) is 2.99. The zero-order chi connectivity index (χ0) is 10.6. The third-order valence-electron chi connectivity index (χ3n) is 3.08. The van der Waals surface area contributed by atoms with Crippen LogP contribution in [0, 0.1) is 5.92 Å². The summed E-state index contributed by atoms with van der Waals surface area (Å²) in [4.78, 5) is 13.6. The smallest absolute Gasteiger partial charge is 0.222 e. The number of hydrogen-bond donors (Lipinski definition) is 0. The summed E-state index contributed by atoms with van der Waals surface area (Å²) in [5.41, 5.74) is 0. The first-order chi connectivity index (χ1) is 6.66. The first-order valence-corrected chi connectivity index (χ1v) is 6.60. The molecule has 0 aliphatic heterocycles. The summed E-state index contributed by atoms with van der Waals surface area (Å²) in [5.74, 6) is 1.09. The van der Waals surface area contributed by atoms with Crippen LogP contribution in [0.3, 0.4) is 0 Å². The molecule has 0 aromatic carbocycles. The zero-order valence-corrected chi connectivity index (χ0v) is 10.7. The Kier molecular flexibility index (Phi) is 4.93. The maximum atomic E-state index is 11.7. The molecule has 14 heavy (non-hydrogen) atoms. The van der Waals surface area contributed by atoms with Crippen molar-refractivity contribution >= 4 is 21.8 Å². The highest BCUT2D eigenvalue weighted by atomic mass is 79.9. The molecule has 1 fully saturated rings. The Morgan fingerprint density at radius 1 is 1.50 bits per heavy atom. The van der Waals surface area contributed by atoms with E-state index in [0.29, 0.717) is 18.4 Å². The van der Waals surface area contributed by atoms with E-state index in [1.54, 1.807) is 0 Å². The highest BCUT2D eigenvalue weighted by molar-refractivity contribution is 9.09. The van der Waals surface area contributed by atoms with Gasteiger partial charge in [0.05, 0.1) is 0 Å². The minimum absolute atomic E-state index is 0.311. The van der Waals surface area contributed by atoms with Crippen LogP contribution in [0.5, 0.6) is 0 Å². The average molecular weight is 262 g/mol. The van der Waals surface area contributed by atoms with Gasteiger partial charge in [-0.25, -0.2) is 0 Å². The topological polar surface area (TPSA) is 20.3 Å². The summed E-state index contributed by atoms with van der Waals surface area (Å²) in [6.45, 7) is 2.17. The number of alkyl halides is 1. The van der Waals surface area contributed by atoms with Crippen molar-refractivity contribution in [3.8, 4) is 0 Å². The molecule has 82 valence electrons. The number of carbonyl (C=O) groups is 1. The fraction of sp³-hybridized carbons (Fsp3) is 0.909. The fourth-order valence-electron chi connectivity index (χ4n) is 1.67. The maximum Gasteiger partial charge on any atom is 0.222 e. The van der Waals surface area contributed by atoms with Gasteiger partial charge < -0.3 is 4.90 Å². The molecule has 0 aromatic rings. The number of nitrogens with zero attached hydrogens (tertiary/aromatic N) is 1. The molecule has 1 saturated carbocycles. The van der Waals surface area contributed by atoms with Crippen molar-refractivity contribution in [2.75, 3.05) is 12.4 Å². The van der Waals surface area contributed by atoms with Crippen molar-refractivity contribution in [1.29, 1.82) is 0 Å². The van der Waals surface area contributed by atoms with E-state index in [1.165, 1.54) is 12.8 Å². The molecule has 0 heterocycles. The third kappa shape index (κ3) is 3.60. The molecule has 1 aliphatic carbocycles. The lowest BCUT2D eigenvalue weighted by Gasteiger charge is -2.24. The van der Waals surface area contributed by atoms with E-state index in [0.717, 1.165) is 24.1 Å². The molecule has 0 aromatic heterocycles. The van der Waals surface area contributed by atoms with Crippen LogP contribution < -0.4 is 0 Å². The largest absolute Gasteiger partial charge is 0.343 e. The van der Waals surface area contributed by atoms with E-state index in [-0.39, 0.29) is 0 Å². The predicted octanol–water partition coefficient (Wildman–Crippen LogP) is 2.81. The summed E-state index contributed by atoms with van der Waals surface area (Å²) in [6.07, 6.45) is 5.42. The second-order valence-corrected chi connectivity index (χ2v) is 5.02. The first kappa shape index (κ1) is 12.0. The molecule has 1 rings (SSSR count). The summed E-state index contributed by atoms with van der Waals surface area (Å²) in [6, 6.07) is 0.450. The van der Waals surface area contributed by atoms with Gasteiger partial charge in [-0.15, -0.1) is 0 Å². The minimum atomic E-state index is 0.311. The molecule has 0 spiro atoms. The van der Waals surface area contributed by atoms with E-state index in [4.69, 9.17) is 0 Å². The fourth-order valence-corrected chi connectivity index (χ4v) is 2.07. The van der Waals surface area contributed by atoms with Gasteiger partial charge in [-0.1, -0.05) is 15.9 Å². The Balaban J connectivity index is 2.20. The highest BCUT2D eigenvalue weighted by Crippen LogP contribution is 2.34. The Morgan fingerprint density at radius 3 is 2.64 bits per heavy atom. The first-order valence-electron chi connectivity index (χ1n) is 5.48. The lowest BCUT2D eigenvalue weighted by Crippen LogP contribution is -2.36. The van der Waals surface area contributed by atoms with Gasteiger partial charge in [0, 0.05) is 24.8 Å². The van der Waals surface area contributed by atoms with E-state index in [9.17, 15) is 4.79 Å². The van der Waals surface area contributed by atoms with Crippen molar-refractivity contribution in [3.05, 3.63) is 0 Å². The Hall–Kier alpha value is -0.0500. The van der Waals surface area contributed by atoms with Gasteiger partial charge in [0.1, 0.15) is 0 Å². The van der Waals surface area contributed by atoms with Crippen molar-refractivity contribution < 1.29 is 4.79 Å². The molecule has 3 heteroatoms. The van der Waals surface area contributed by atoms with Crippen molar-refractivity contribution in [3.63, 3.8) is 0 Å². The van der Waals surface area contributed by atoms with Crippen LogP contribution in [0.2, 0.25) is 0 Å². The number of halogens is 1. The molecule has 2 nitrogen and oxygen atoms in total. The molecule has 1 aliphatic rings. The molecule has 1 atom stereocenters. The van der Waals surface area contributed by atoms with E-state index < -0.39 is 0 Å². The van der Waals surface area contributed by atoms with E-state index in [2.05, 4.69) is 22.9 Å². The normalized spacial score (nSPS) is 17.9. The third-order valence-corrected chi connectivity index (χ3v) is 3.64. The molecule has 1 amide bonds. The van der Waals surface area contributed by atoms with Gasteiger partial charge in [-0.3, -0.25) is 4.79 Å². The summed E-state index contributed by atoms with van der Waals surface area (Å²) in [7, 11) is 1.94. The van der Waals surface area contributed by atoms with Crippen molar-refractivity contribution in [2.24, 2.45) is 5.92 Å². The molecular formula is C11H20BrNO. The molecule has 0 bridgehead atoms. The number of hydrogen-bond acceptors (Lipinski definition) is 1. The quantitative estimate of drug-likeness (QED) is 0.532. The number of carbonyl (C=O) groups excluding carboxylic acids is 1. The van der Waals surface area contributed by atoms with E-state index >= 15 is 0 Å². The second-order valence-electron chi connectivity index (χ2n) is 4.23. The van der Waals surface area contributed by atoms with Crippen molar-refractivity contribution in [2.45, 2.75) is 45.1 Å². The van der Waals surface area contributed by atoms with Gasteiger partial charge in [0.2, 0.25) is 5.91 Å². The Morgan fingerprint density at radius 2 is 2.14 bits per heavy atom. The van der Waals surface area contributed by atoms with Crippen molar-refractivity contribution in [1.82, 2.24) is 4.90 Å². The Labute approximate surface area is 95.2 Å². The SMILES string of the molecule is CC(C1CC1)N(C)C(=O)CCCCBr. The standard InChI is InChI=1S/C11H20BrNO/c1-9(10-6-7-10)13(2)11(14)5-3-4-8-12/h9-10H,3-8H2,1-2H3. The predicted molar refractivity (Wildman–Crippen MR) is 62.6 cm³/mol. The second kappa shape index (κ2) is 5.74. The van der Waals surface area contributed by atoms with Crippen LogP contribution in [-0.4, -0.2) is 29.2 Å². The van der Waals surface area contributed by atoms with Gasteiger partial charge >= 0.3 is 0 Å². The van der Waals surface area contributed by atoms with Crippen LogP contribution in [0.1, 0.15) is 39.0 Å². The van der Waals surface area contributed by atoms with Crippen LogP contribution in [-0.2, 0) is 4.79 Å². The zero-order valence-electron chi connectivity index (χ0n) is 9.13. The summed E-state index contributed by atoms with van der Waals surface area (Å²) in [5, 5.41) is 1.00. The highest BCUT2D eigenvalue weighted by Gasteiger charge is 2.31. The molecule has 1 unspecified atom stereocenters. The lowest BCUT2D eigenvalue weighted by atomic mass is 10.1. The van der Waals surface area contributed by atoms with E-state index in [1.807, 2.05) is 11.9 Å². The minimum Gasteiger partial charge on any atom is -0.343 e. The van der Waals surface area contributed by atoms with Crippen LogP contribution in [0.4, 0.5) is 0 Å². The van der Waals surface area contributed by atoms with Crippen LogP contribution >= 0.6 is 15.9 Å². The number of rotatable bonds is 6. The number of unbranched alkanes of at least 4 members (excludes halogenated alkanes) is 1. The monoisotopic (exact) mass is 261 g/mol. The molecule has 0 N–H and O–H groups in total. The molecule has 0 radical (unpaired) electrons. The molecule has 0 saturated heterocycles. The summed E-state index contributed by atoms with van der Waals surface area (Å²) >= 11 is 3.37. The van der Waals surface area contributed by atoms with Gasteiger partial charge in [-0.05, 0) is 38.5 Å².